The SMILES string of the molecule is CC(N)c1cc(F)ccc1OCC(F)(F)F. The summed E-state index contributed by atoms with van der Waals surface area (Å²) >= 11 is 0. The van der Waals surface area contributed by atoms with E-state index >= 15 is 0 Å². The fourth-order valence-corrected chi connectivity index (χ4v) is 1.17. The van der Waals surface area contributed by atoms with Crippen LogP contribution in [0.5, 0.6) is 5.75 Å². The molecule has 1 atom stereocenters. The quantitative estimate of drug-likeness (QED) is 0.820. The second-order valence-electron chi connectivity index (χ2n) is 3.37. The zero-order chi connectivity index (χ0) is 12.3. The second-order valence-corrected chi connectivity index (χ2v) is 3.37. The van der Waals surface area contributed by atoms with Crippen LogP contribution in [-0.2, 0) is 0 Å². The highest BCUT2D eigenvalue weighted by Crippen LogP contribution is 2.26. The molecule has 16 heavy (non-hydrogen) atoms. The molecule has 2 N–H and O–H groups in total. The number of halogens is 4. The van der Waals surface area contributed by atoms with E-state index in [1.807, 2.05) is 0 Å². The third-order valence-electron chi connectivity index (χ3n) is 1.85. The molecule has 1 aromatic rings. The first kappa shape index (κ1) is 12.8. The van der Waals surface area contributed by atoms with Crippen LogP contribution in [-0.4, -0.2) is 12.8 Å². The van der Waals surface area contributed by atoms with Gasteiger partial charge in [0, 0.05) is 11.6 Å². The second kappa shape index (κ2) is 4.69. The summed E-state index contributed by atoms with van der Waals surface area (Å²) in [5.74, 6) is -0.611. The van der Waals surface area contributed by atoms with Crippen LogP contribution in [0, 0.1) is 5.82 Å². The Morgan fingerprint density at radius 3 is 2.50 bits per heavy atom. The minimum absolute atomic E-state index is 0.0475. The Morgan fingerprint density at radius 2 is 2.00 bits per heavy atom. The number of nitrogens with two attached hydrogens (primary N) is 1. The lowest BCUT2D eigenvalue weighted by atomic mass is 10.1. The molecule has 0 aromatic heterocycles. The van der Waals surface area contributed by atoms with E-state index < -0.39 is 24.6 Å². The normalized spacial score (nSPS) is 13.6. The summed E-state index contributed by atoms with van der Waals surface area (Å²) in [6.07, 6.45) is -4.43. The molecule has 1 aromatic carbocycles. The van der Waals surface area contributed by atoms with Gasteiger partial charge in [-0.3, -0.25) is 0 Å². The Balaban J connectivity index is 2.87. The van der Waals surface area contributed by atoms with Crippen LogP contribution in [0.25, 0.3) is 0 Å². The molecular formula is C10H11F4NO. The number of benzene rings is 1. The van der Waals surface area contributed by atoms with Gasteiger partial charge in [-0.05, 0) is 25.1 Å². The monoisotopic (exact) mass is 237 g/mol. The molecule has 0 fully saturated rings. The summed E-state index contributed by atoms with van der Waals surface area (Å²) in [7, 11) is 0. The highest BCUT2D eigenvalue weighted by Gasteiger charge is 2.29. The topological polar surface area (TPSA) is 35.2 Å². The Hall–Kier alpha value is -1.30. The fourth-order valence-electron chi connectivity index (χ4n) is 1.17. The molecule has 1 unspecified atom stereocenters. The maximum atomic E-state index is 12.8. The summed E-state index contributed by atoms with van der Waals surface area (Å²) in [6.45, 7) is 0.119. The molecule has 1 rings (SSSR count). The number of alkyl halides is 3. The Labute approximate surface area is 90.0 Å². The molecule has 0 aliphatic heterocycles. The zero-order valence-electron chi connectivity index (χ0n) is 8.51. The van der Waals surface area contributed by atoms with Crippen molar-refractivity contribution in [3.63, 3.8) is 0 Å². The molecule has 0 heterocycles. The summed E-state index contributed by atoms with van der Waals surface area (Å²) in [5.41, 5.74) is 5.71. The standard InChI is InChI=1S/C10H11F4NO/c1-6(15)8-4-7(11)2-3-9(8)16-5-10(12,13)14/h2-4,6H,5,15H2,1H3. The van der Waals surface area contributed by atoms with Gasteiger partial charge >= 0.3 is 6.18 Å². The van der Waals surface area contributed by atoms with Gasteiger partial charge in [-0.2, -0.15) is 13.2 Å². The minimum atomic E-state index is -4.43. The van der Waals surface area contributed by atoms with Crippen molar-refractivity contribution in [2.45, 2.75) is 19.1 Å². The largest absolute Gasteiger partial charge is 0.484 e. The van der Waals surface area contributed by atoms with Crippen molar-refractivity contribution < 1.29 is 22.3 Å². The van der Waals surface area contributed by atoms with Gasteiger partial charge in [0.25, 0.3) is 0 Å². The van der Waals surface area contributed by atoms with Gasteiger partial charge < -0.3 is 10.5 Å². The Bertz CT molecular complexity index is 362. The predicted octanol–water partition coefficient (Wildman–Crippen LogP) is 2.79. The number of hydrogen-bond donors (Lipinski definition) is 1. The molecule has 0 bridgehead atoms. The third kappa shape index (κ3) is 3.69. The first-order valence-corrected chi connectivity index (χ1v) is 4.54. The maximum absolute atomic E-state index is 12.8. The summed E-state index contributed by atoms with van der Waals surface area (Å²) < 4.78 is 53.2. The van der Waals surface area contributed by atoms with Gasteiger partial charge in [0.05, 0.1) is 0 Å². The molecule has 90 valence electrons. The van der Waals surface area contributed by atoms with Crippen molar-refractivity contribution in [1.82, 2.24) is 0 Å². The van der Waals surface area contributed by atoms with Crippen molar-refractivity contribution in [2.24, 2.45) is 5.73 Å². The van der Waals surface area contributed by atoms with Crippen LogP contribution >= 0.6 is 0 Å². The number of hydrogen-bond acceptors (Lipinski definition) is 2. The van der Waals surface area contributed by atoms with Gasteiger partial charge in [0.15, 0.2) is 6.61 Å². The van der Waals surface area contributed by atoms with Crippen LogP contribution in [0.1, 0.15) is 18.5 Å². The molecule has 0 saturated heterocycles. The lowest BCUT2D eigenvalue weighted by Crippen LogP contribution is -2.20. The van der Waals surface area contributed by atoms with E-state index in [0.717, 1.165) is 18.2 Å². The summed E-state index contributed by atoms with van der Waals surface area (Å²) in [5, 5.41) is 0. The molecule has 0 spiro atoms. The Morgan fingerprint density at radius 1 is 1.38 bits per heavy atom. The van der Waals surface area contributed by atoms with E-state index in [9.17, 15) is 17.6 Å². The fraction of sp³-hybridized carbons (Fsp3) is 0.400. The maximum Gasteiger partial charge on any atom is 0.422 e. The van der Waals surface area contributed by atoms with E-state index in [1.54, 1.807) is 0 Å². The van der Waals surface area contributed by atoms with Gasteiger partial charge in [-0.1, -0.05) is 0 Å². The van der Waals surface area contributed by atoms with Crippen molar-refractivity contribution in [3.8, 4) is 5.75 Å². The first-order valence-electron chi connectivity index (χ1n) is 4.54. The third-order valence-corrected chi connectivity index (χ3v) is 1.85. The molecule has 0 amide bonds. The number of ether oxygens (including phenoxy) is 1. The van der Waals surface area contributed by atoms with Crippen LogP contribution < -0.4 is 10.5 Å². The molecule has 0 radical (unpaired) electrons. The van der Waals surface area contributed by atoms with Crippen LogP contribution in [0.2, 0.25) is 0 Å². The van der Waals surface area contributed by atoms with Crippen molar-refractivity contribution in [1.29, 1.82) is 0 Å². The van der Waals surface area contributed by atoms with Gasteiger partial charge in [-0.25, -0.2) is 4.39 Å². The highest BCUT2D eigenvalue weighted by molar-refractivity contribution is 5.36. The van der Waals surface area contributed by atoms with Crippen molar-refractivity contribution >= 4 is 0 Å². The van der Waals surface area contributed by atoms with Gasteiger partial charge in [-0.15, -0.1) is 0 Å². The van der Waals surface area contributed by atoms with E-state index in [1.165, 1.54) is 6.92 Å². The molecule has 6 heteroatoms. The highest BCUT2D eigenvalue weighted by atomic mass is 19.4. The molecular weight excluding hydrogens is 226 g/mol. The number of rotatable bonds is 3. The molecule has 0 saturated carbocycles. The average molecular weight is 237 g/mol. The van der Waals surface area contributed by atoms with Crippen molar-refractivity contribution in [2.75, 3.05) is 6.61 Å². The summed E-state index contributed by atoms with van der Waals surface area (Å²) in [4.78, 5) is 0. The predicted molar refractivity (Wildman–Crippen MR) is 50.6 cm³/mol. The van der Waals surface area contributed by atoms with Gasteiger partial charge in [0.2, 0.25) is 0 Å². The first-order chi connectivity index (χ1) is 7.29. The molecule has 0 aliphatic rings. The summed E-state index contributed by atoms with van der Waals surface area (Å²) in [6, 6.07) is 2.63. The minimum Gasteiger partial charge on any atom is -0.484 e. The van der Waals surface area contributed by atoms with Crippen LogP contribution in [0.15, 0.2) is 18.2 Å². The average Bonchev–Trinajstić information content (AvgIpc) is 2.14. The van der Waals surface area contributed by atoms with Crippen molar-refractivity contribution in [3.05, 3.63) is 29.6 Å². The zero-order valence-corrected chi connectivity index (χ0v) is 8.51. The van der Waals surface area contributed by atoms with E-state index in [4.69, 9.17) is 5.73 Å². The van der Waals surface area contributed by atoms with Gasteiger partial charge in [0.1, 0.15) is 11.6 Å². The lowest BCUT2D eigenvalue weighted by molar-refractivity contribution is -0.153. The molecule has 0 aliphatic carbocycles. The van der Waals surface area contributed by atoms with E-state index in [0.29, 0.717) is 0 Å². The van der Waals surface area contributed by atoms with E-state index in [2.05, 4.69) is 4.74 Å². The van der Waals surface area contributed by atoms with Crippen LogP contribution in [0.4, 0.5) is 17.6 Å². The van der Waals surface area contributed by atoms with E-state index in [-0.39, 0.29) is 11.3 Å². The lowest BCUT2D eigenvalue weighted by Gasteiger charge is -2.15. The molecule has 2 nitrogen and oxygen atoms in total. The Kier molecular flexibility index (Phi) is 3.74. The van der Waals surface area contributed by atoms with Crippen LogP contribution in [0.3, 0.4) is 0 Å². The smallest absolute Gasteiger partial charge is 0.422 e.